The predicted molar refractivity (Wildman–Crippen MR) is 165 cm³/mol. The van der Waals surface area contributed by atoms with Crippen LogP contribution in [0.2, 0.25) is 5.02 Å². The van der Waals surface area contributed by atoms with Crippen LogP contribution in [0.15, 0.2) is 53.5 Å². The Morgan fingerprint density at radius 2 is 2.02 bits per heavy atom. The SMILES string of the molecule is CNC(=O)CC[C@@H]1CCC[C@@H](c2ccc(-n3cc4cc(-c5cc(CCC[C@H](C)N)cc(Cl)c5F)[nH]c4nc3=O)cc2)N1. The Hall–Kier alpha value is -3.53. The Kier molecular flexibility index (Phi) is 9.40. The fourth-order valence-electron chi connectivity index (χ4n) is 5.75. The maximum absolute atomic E-state index is 15.1. The first-order chi connectivity index (χ1) is 20.2. The molecule has 10 heteroatoms. The smallest absolute Gasteiger partial charge is 0.354 e. The number of rotatable bonds is 10. The zero-order valence-corrected chi connectivity index (χ0v) is 24.8. The van der Waals surface area contributed by atoms with E-state index < -0.39 is 11.5 Å². The van der Waals surface area contributed by atoms with Gasteiger partial charge in [-0.2, -0.15) is 4.98 Å². The predicted octanol–water partition coefficient (Wildman–Crippen LogP) is 5.55. The number of halogens is 2. The molecule has 0 aliphatic carbocycles. The minimum atomic E-state index is -0.517. The maximum Gasteiger partial charge on any atom is 0.354 e. The molecular formula is C32H38ClFN6O2. The summed E-state index contributed by atoms with van der Waals surface area (Å²) < 4.78 is 16.6. The van der Waals surface area contributed by atoms with E-state index in [2.05, 4.69) is 20.6 Å². The van der Waals surface area contributed by atoms with Crippen LogP contribution in [0.4, 0.5) is 4.39 Å². The largest absolute Gasteiger partial charge is 0.359 e. The number of aromatic amines is 1. The highest BCUT2D eigenvalue weighted by molar-refractivity contribution is 6.31. The maximum atomic E-state index is 15.1. The van der Waals surface area contributed by atoms with E-state index in [9.17, 15) is 9.59 Å². The van der Waals surface area contributed by atoms with Gasteiger partial charge in [-0.1, -0.05) is 30.2 Å². The summed E-state index contributed by atoms with van der Waals surface area (Å²) in [5.74, 6) is -0.457. The summed E-state index contributed by atoms with van der Waals surface area (Å²) in [6, 6.07) is 13.7. The van der Waals surface area contributed by atoms with Crippen molar-refractivity contribution >= 4 is 28.5 Å². The van der Waals surface area contributed by atoms with Crippen molar-refractivity contribution in [3.8, 4) is 16.9 Å². The van der Waals surface area contributed by atoms with E-state index in [4.69, 9.17) is 17.3 Å². The molecule has 1 aliphatic rings. The standard InChI is InChI=1S/C32H38ClFN6O2/c1-19(35)5-3-6-20-15-25(30(34)26(33)16-20)28-17-22-18-40(32(42)39-31(22)38-28)24-12-9-21(10-13-24)27-8-4-7-23(37-27)11-14-29(41)36-2/h9-10,12-13,15-19,23,27,37H,3-8,11,14,35H2,1-2H3,(H,36,41)(H,38,39,42)/t19-,23-,27-/m0/s1. The van der Waals surface area contributed by atoms with Crippen LogP contribution in [0.5, 0.6) is 0 Å². The molecule has 0 spiro atoms. The van der Waals surface area contributed by atoms with E-state index in [1.165, 1.54) is 4.57 Å². The molecule has 3 atom stereocenters. The molecule has 4 aromatic rings. The van der Waals surface area contributed by atoms with Crippen LogP contribution in [0.1, 0.15) is 69.0 Å². The summed E-state index contributed by atoms with van der Waals surface area (Å²) in [6.07, 6.45) is 8.68. The van der Waals surface area contributed by atoms with Crippen molar-refractivity contribution in [3.63, 3.8) is 0 Å². The zero-order valence-electron chi connectivity index (χ0n) is 24.1. The van der Waals surface area contributed by atoms with E-state index in [0.29, 0.717) is 40.4 Å². The summed E-state index contributed by atoms with van der Waals surface area (Å²) >= 11 is 6.25. The highest BCUT2D eigenvalue weighted by Crippen LogP contribution is 2.32. The lowest BCUT2D eigenvalue weighted by Crippen LogP contribution is -2.37. The van der Waals surface area contributed by atoms with Crippen LogP contribution >= 0.6 is 11.6 Å². The number of benzene rings is 2. The summed E-state index contributed by atoms with van der Waals surface area (Å²) in [5, 5.41) is 7.10. The van der Waals surface area contributed by atoms with E-state index in [-0.39, 0.29) is 23.0 Å². The van der Waals surface area contributed by atoms with Crippen LogP contribution in [0.3, 0.4) is 0 Å². The third-order valence-corrected chi connectivity index (χ3v) is 8.34. The number of aromatic nitrogens is 3. The van der Waals surface area contributed by atoms with Gasteiger partial charge in [0.2, 0.25) is 5.91 Å². The molecule has 1 amide bonds. The number of hydrogen-bond acceptors (Lipinski definition) is 5. The molecule has 1 fully saturated rings. The molecule has 5 N–H and O–H groups in total. The van der Waals surface area contributed by atoms with E-state index in [1.807, 2.05) is 31.2 Å². The van der Waals surface area contributed by atoms with E-state index >= 15 is 4.39 Å². The first-order valence-electron chi connectivity index (χ1n) is 14.6. The first kappa shape index (κ1) is 29.9. The lowest BCUT2D eigenvalue weighted by Gasteiger charge is -2.31. The van der Waals surface area contributed by atoms with Gasteiger partial charge in [0.15, 0.2) is 5.82 Å². The lowest BCUT2D eigenvalue weighted by molar-refractivity contribution is -0.120. The van der Waals surface area contributed by atoms with Crippen LogP contribution < -0.4 is 22.1 Å². The van der Waals surface area contributed by atoms with Gasteiger partial charge in [0.05, 0.1) is 16.4 Å². The number of carbonyl (C=O) groups is 1. The van der Waals surface area contributed by atoms with Crippen molar-refractivity contribution in [2.45, 2.75) is 76.4 Å². The summed E-state index contributed by atoms with van der Waals surface area (Å²) in [6.45, 7) is 1.97. The minimum Gasteiger partial charge on any atom is -0.359 e. The van der Waals surface area contributed by atoms with Crippen LogP contribution in [-0.4, -0.2) is 39.6 Å². The molecular weight excluding hydrogens is 555 g/mol. The van der Waals surface area contributed by atoms with Gasteiger partial charge in [-0.25, -0.2) is 9.18 Å². The topological polar surface area (TPSA) is 118 Å². The zero-order chi connectivity index (χ0) is 29.8. The Balaban J connectivity index is 1.35. The third kappa shape index (κ3) is 6.91. The molecule has 5 rings (SSSR count). The van der Waals surface area contributed by atoms with Crippen molar-refractivity contribution in [2.24, 2.45) is 5.73 Å². The quantitative estimate of drug-likeness (QED) is 0.192. The van der Waals surface area contributed by atoms with Crippen molar-refractivity contribution in [1.29, 1.82) is 0 Å². The van der Waals surface area contributed by atoms with E-state index in [1.54, 1.807) is 31.4 Å². The molecule has 42 heavy (non-hydrogen) atoms. The molecule has 0 saturated carbocycles. The fourth-order valence-corrected chi connectivity index (χ4v) is 5.99. The highest BCUT2D eigenvalue weighted by Gasteiger charge is 2.23. The molecule has 2 aromatic carbocycles. The molecule has 8 nitrogen and oxygen atoms in total. The number of nitrogens with two attached hydrogens (primary N) is 1. The molecule has 1 aliphatic heterocycles. The third-order valence-electron chi connectivity index (χ3n) is 8.07. The molecule has 0 bridgehead atoms. The Morgan fingerprint density at radius 3 is 2.76 bits per heavy atom. The number of H-pyrrole nitrogens is 1. The van der Waals surface area contributed by atoms with Crippen LogP contribution in [-0.2, 0) is 11.2 Å². The highest BCUT2D eigenvalue weighted by atomic mass is 35.5. The van der Waals surface area contributed by atoms with Crippen molar-refractivity contribution in [1.82, 2.24) is 25.2 Å². The van der Waals surface area contributed by atoms with Gasteiger partial charge in [0, 0.05) is 48.7 Å². The molecule has 0 radical (unpaired) electrons. The molecule has 1 saturated heterocycles. The summed E-state index contributed by atoms with van der Waals surface area (Å²) in [5.41, 5.74) is 9.43. The van der Waals surface area contributed by atoms with Crippen molar-refractivity contribution < 1.29 is 9.18 Å². The van der Waals surface area contributed by atoms with Gasteiger partial charge in [0.25, 0.3) is 0 Å². The van der Waals surface area contributed by atoms with Gasteiger partial charge < -0.3 is 21.4 Å². The molecule has 222 valence electrons. The number of amides is 1. The molecule has 2 aromatic heterocycles. The first-order valence-corrected chi connectivity index (χ1v) is 15.0. The monoisotopic (exact) mass is 592 g/mol. The van der Waals surface area contributed by atoms with Crippen LogP contribution in [0.25, 0.3) is 28.0 Å². The second-order valence-corrected chi connectivity index (χ2v) is 11.7. The van der Waals surface area contributed by atoms with Crippen molar-refractivity contribution in [2.75, 3.05) is 7.05 Å². The average molecular weight is 593 g/mol. The second kappa shape index (κ2) is 13.2. The lowest BCUT2D eigenvalue weighted by atomic mass is 9.91. The van der Waals surface area contributed by atoms with Gasteiger partial charge in [-0.05, 0) is 86.9 Å². The van der Waals surface area contributed by atoms with E-state index in [0.717, 1.165) is 56.1 Å². The number of nitrogens with one attached hydrogen (secondary N) is 3. The average Bonchev–Trinajstić information content (AvgIpc) is 3.39. The normalized spacial score (nSPS) is 17.8. The van der Waals surface area contributed by atoms with Crippen LogP contribution in [0, 0.1) is 5.82 Å². The summed E-state index contributed by atoms with van der Waals surface area (Å²) in [7, 11) is 1.66. The molecule has 0 unspecified atom stereocenters. The van der Waals surface area contributed by atoms with Gasteiger partial charge in [-0.15, -0.1) is 0 Å². The number of carbonyl (C=O) groups excluding carboxylic acids is 1. The number of aryl methyl sites for hydroxylation is 1. The second-order valence-electron chi connectivity index (χ2n) is 11.3. The number of fused-ring (bicyclic) bond motifs is 1. The van der Waals surface area contributed by atoms with Crippen molar-refractivity contribution in [3.05, 3.63) is 81.1 Å². The fraction of sp³-hybridized carbons (Fsp3) is 0.406. The Bertz CT molecular complexity index is 1610. The number of hydrogen-bond donors (Lipinski definition) is 4. The number of piperidine rings is 1. The van der Waals surface area contributed by atoms with Gasteiger partial charge >= 0.3 is 5.69 Å². The number of nitrogens with zero attached hydrogens (tertiary/aromatic N) is 2. The minimum absolute atomic E-state index is 0.0554. The Morgan fingerprint density at radius 1 is 1.24 bits per heavy atom. The molecule has 3 heterocycles. The van der Waals surface area contributed by atoms with Gasteiger partial charge in [-0.3, -0.25) is 9.36 Å². The van der Waals surface area contributed by atoms with Gasteiger partial charge in [0.1, 0.15) is 5.65 Å². The summed E-state index contributed by atoms with van der Waals surface area (Å²) in [4.78, 5) is 32.0. The Labute approximate surface area is 249 Å².